The van der Waals surface area contributed by atoms with Crippen molar-refractivity contribution < 1.29 is 9.67 Å². The fourth-order valence-electron chi connectivity index (χ4n) is 1.98. The third kappa shape index (κ3) is 1.97. The lowest BCUT2D eigenvalue weighted by atomic mass is 10.3. The summed E-state index contributed by atoms with van der Waals surface area (Å²) >= 11 is 0. The molecule has 0 spiro atoms. The average Bonchev–Trinajstić information content (AvgIpc) is 2.63. The lowest BCUT2D eigenvalue weighted by molar-refractivity contribution is -0.674. The fourth-order valence-corrected chi connectivity index (χ4v) is 1.98. The van der Waals surface area contributed by atoms with Gasteiger partial charge < -0.3 is 10.8 Å². The highest BCUT2D eigenvalue weighted by Gasteiger charge is 2.20. The van der Waals surface area contributed by atoms with Gasteiger partial charge in [-0.1, -0.05) is 4.98 Å². The molecule has 0 unspecified atom stereocenters. The number of aromatic nitrogens is 4. The normalized spacial score (nSPS) is 11.3. The van der Waals surface area contributed by atoms with E-state index < -0.39 is 0 Å². The molecule has 2 heterocycles. The van der Waals surface area contributed by atoms with Gasteiger partial charge in [0.25, 0.3) is 5.95 Å². The molecule has 0 saturated carbocycles. The van der Waals surface area contributed by atoms with Crippen LogP contribution in [0.1, 0.15) is 12.8 Å². The van der Waals surface area contributed by atoms with Gasteiger partial charge in [-0.25, -0.2) is 4.57 Å². The van der Waals surface area contributed by atoms with Crippen LogP contribution in [0.25, 0.3) is 11.2 Å². The van der Waals surface area contributed by atoms with E-state index in [9.17, 15) is 4.79 Å². The van der Waals surface area contributed by atoms with Crippen molar-refractivity contribution >= 4 is 17.1 Å². The molecular formula is C11H18N5O2+. The summed E-state index contributed by atoms with van der Waals surface area (Å²) < 4.78 is 4.98. The van der Waals surface area contributed by atoms with E-state index in [4.69, 9.17) is 10.8 Å². The van der Waals surface area contributed by atoms with E-state index in [2.05, 4.69) is 4.98 Å². The van der Waals surface area contributed by atoms with E-state index in [0.717, 1.165) is 12.8 Å². The molecule has 0 aliphatic heterocycles. The van der Waals surface area contributed by atoms with Crippen molar-refractivity contribution in [1.29, 1.82) is 0 Å². The van der Waals surface area contributed by atoms with Crippen molar-refractivity contribution in [2.24, 2.45) is 14.1 Å². The van der Waals surface area contributed by atoms with Crippen molar-refractivity contribution in [3.05, 3.63) is 16.7 Å². The summed E-state index contributed by atoms with van der Waals surface area (Å²) in [6.45, 7) is 0.875. The molecule has 0 radical (unpaired) electrons. The van der Waals surface area contributed by atoms with Crippen LogP contribution in [-0.2, 0) is 20.6 Å². The molecule has 0 amide bonds. The van der Waals surface area contributed by atoms with Gasteiger partial charge in [-0.2, -0.15) is 0 Å². The summed E-state index contributed by atoms with van der Waals surface area (Å²) in [6, 6.07) is 0. The molecule has 0 aliphatic carbocycles. The topological polar surface area (TPSA) is 90.0 Å². The van der Waals surface area contributed by atoms with E-state index in [-0.39, 0.29) is 18.1 Å². The Morgan fingerprint density at radius 1 is 1.44 bits per heavy atom. The van der Waals surface area contributed by atoms with Gasteiger partial charge in [-0.05, 0) is 12.8 Å². The van der Waals surface area contributed by atoms with Crippen LogP contribution in [-0.4, -0.2) is 25.8 Å². The van der Waals surface area contributed by atoms with Gasteiger partial charge in [0.15, 0.2) is 6.33 Å². The first kappa shape index (κ1) is 12.6. The number of hydrogen-bond donors (Lipinski definition) is 2. The maximum atomic E-state index is 12.1. The van der Waals surface area contributed by atoms with Gasteiger partial charge in [0, 0.05) is 13.7 Å². The summed E-state index contributed by atoms with van der Waals surface area (Å²) in [5, 5.41) is 8.78. The standard InChI is InChI=1S/C11H17N5O2/c1-14-7-16(5-3-4-6-17)9-8(14)10(18)15(2)11(12)13-9/h7,17H,3-6H2,1-2H3,(H-,12,13,18)/p+1. The second kappa shape index (κ2) is 4.77. The van der Waals surface area contributed by atoms with E-state index in [1.165, 1.54) is 4.57 Å². The third-order valence-corrected chi connectivity index (χ3v) is 3.03. The van der Waals surface area contributed by atoms with Crippen LogP contribution in [0.5, 0.6) is 0 Å². The molecule has 0 fully saturated rings. The largest absolute Gasteiger partial charge is 0.396 e. The number of unbranched alkanes of at least 4 members (excludes halogenated alkanes) is 1. The van der Waals surface area contributed by atoms with Crippen LogP contribution in [0.4, 0.5) is 5.95 Å². The lowest BCUT2D eigenvalue weighted by Crippen LogP contribution is -2.34. The predicted molar refractivity (Wildman–Crippen MR) is 66.9 cm³/mol. The number of nitrogens with two attached hydrogens (primary N) is 1. The van der Waals surface area contributed by atoms with Crippen molar-refractivity contribution in [2.75, 3.05) is 12.3 Å². The highest BCUT2D eigenvalue weighted by Crippen LogP contribution is 2.05. The maximum Gasteiger partial charge on any atom is 0.311 e. The summed E-state index contributed by atoms with van der Waals surface area (Å²) in [7, 11) is 3.41. The highest BCUT2D eigenvalue weighted by atomic mass is 16.2. The SMILES string of the molecule is Cn1c(N)nc2c(c1=O)n(C)c[n+]2CCCCO. The summed E-state index contributed by atoms with van der Waals surface area (Å²) in [5.74, 6) is 0.203. The molecule has 2 rings (SSSR count). The smallest absolute Gasteiger partial charge is 0.311 e. The van der Waals surface area contributed by atoms with Crippen molar-refractivity contribution in [1.82, 2.24) is 14.1 Å². The van der Waals surface area contributed by atoms with E-state index in [1.807, 2.05) is 17.9 Å². The quantitative estimate of drug-likeness (QED) is 0.534. The number of nitrogens with zero attached hydrogens (tertiary/aromatic N) is 4. The number of aryl methyl sites for hydroxylation is 2. The Kier molecular flexibility index (Phi) is 3.33. The molecule has 3 N–H and O–H groups in total. The minimum atomic E-state index is -0.152. The molecule has 2 aromatic rings. The Labute approximate surface area is 104 Å². The first-order valence-electron chi connectivity index (χ1n) is 5.88. The monoisotopic (exact) mass is 252 g/mol. The molecule has 7 nitrogen and oxygen atoms in total. The fraction of sp³-hybridized carbons (Fsp3) is 0.545. The van der Waals surface area contributed by atoms with Crippen LogP contribution >= 0.6 is 0 Å². The molecule has 0 atom stereocenters. The van der Waals surface area contributed by atoms with E-state index in [0.29, 0.717) is 17.7 Å². The molecule has 0 aliphatic rings. The molecule has 0 saturated heterocycles. The molecule has 0 aromatic carbocycles. The van der Waals surface area contributed by atoms with Crippen molar-refractivity contribution in [3.63, 3.8) is 0 Å². The van der Waals surface area contributed by atoms with Gasteiger partial charge >= 0.3 is 11.2 Å². The molecular weight excluding hydrogens is 234 g/mol. The number of aliphatic hydroxyl groups excluding tert-OH is 1. The third-order valence-electron chi connectivity index (χ3n) is 3.03. The van der Waals surface area contributed by atoms with Gasteiger partial charge in [0.1, 0.15) is 0 Å². The van der Waals surface area contributed by atoms with E-state index >= 15 is 0 Å². The number of nitrogen functional groups attached to an aromatic ring is 1. The Morgan fingerprint density at radius 2 is 2.17 bits per heavy atom. The first-order valence-corrected chi connectivity index (χ1v) is 5.88. The van der Waals surface area contributed by atoms with Crippen LogP contribution in [0.15, 0.2) is 11.1 Å². The van der Waals surface area contributed by atoms with Crippen molar-refractivity contribution in [2.45, 2.75) is 19.4 Å². The maximum absolute atomic E-state index is 12.1. The highest BCUT2D eigenvalue weighted by molar-refractivity contribution is 5.67. The Bertz CT molecular complexity index is 628. The Morgan fingerprint density at radius 3 is 2.83 bits per heavy atom. The minimum absolute atomic E-state index is 0.152. The van der Waals surface area contributed by atoms with Crippen LogP contribution in [0.2, 0.25) is 0 Å². The predicted octanol–water partition coefficient (Wildman–Crippen LogP) is -1.09. The van der Waals surface area contributed by atoms with Gasteiger partial charge in [-0.3, -0.25) is 13.9 Å². The molecule has 2 aromatic heterocycles. The Balaban J connectivity index is 2.54. The zero-order valence-corrected chi connectivity index (χ0v) is 10.6. The van der Waals surface area contributed by atoms with Crippen LogP contribution in [0, 0.1) is 0 Å². The van der Waals surface area contributed by atoms with Gasteiger partial charge in [0.2, 0.25) is 5.52 Å². The number of anilines is 1. The summed E-state index contributed by atoms with van der Waals surface area (Å²) in [5.41, 5.74) is 6.69. The van der Waals surface area contributed by atoms with Crippen LogP contribution in [0.3, 0.4) is 0 Å². The second-order valence-electron chi connectivity index (χ2n) is 4.36. The van der Waals surface area contributed by atoms with Crippen LogP contribution < -0.4 is 15.9 Å². The van der Waals surface area contributed by atoms with Gasteiger partial charge in [-0.15, -0.1) is 0 Å². The number of rotatable bonds is 4. The van der Waals surface area contributed by atoms with E-state index in [1.54, 1.807) is 11.6 Å². The zero-order valence-electron chi connectivity index (χ0n) is 10.6. The number of imidazole rings is 1. The molecule has 0 bridgehead atoms. The lowest BCUT2D eigenvalue weighted by Gasteiger charge is -1.99. The Hall–Kier alpha value is -1.89. The molecule has 18 heavy (non-hydrogen) atoms. The molecule has 98 valence electrons. The number of aliphatic hydroxyl groups is 1. The molecule has 7 heteroatoms. The minimum Gasteiger partial charge on any atom is -0.396 e. The summed E-state index contributed by atoms with van der Waals surface area (Å²) in [6.07, 6.45) is 3.39. The average molecular weight is 252 g/mol. The zero-order chi connectivity index (χ0) is 13.3. The number of fused-ring (bicyclic) bond motifs is 1. The second-order valence-corrected chi connectivity index (χ2v) is 4.36. The van der Waals surface area contributed by atoms with Crippen molar-refractivity contribution in [3.8, 4) is 0 Å². The number of hydrogen-bond acceptors (Lipinski definition) is 4. The summed E-state index contributed by atoms with van der Waals surface area (Å²) in [4.78, 5) is 16.3. The first-order chi connectivity index (χ1) is 8.56. The van der Waals surface area contributed by atoms with Gasteiger partial charge in [0.05, 0.1) is 13.6 Å².